The summed E-state index contributed by atoms with van der Waals surface area (Å²) < 4.78 is 28.2. The largest absolute Gasteiger partial charge is 0.368 e. The Bertz CT molecular complexity index is 1350. The normalized spacial score (nSPS) is 21.1. The number of halogens is 1. The van der Waals surface area contributed by atoms with Crippen molar-refractivity contribution >= 4 is 33.2 Å². The monoisotopic (exact) mass is 538 g/mol. The molecule has 0 bridgehead atoms. The van der Waals surface area contributed by atoms with E-state index in [1.165, 1.54) is 10.5 Å². The van der Waals surface area contributed by atoms with Crippen LogP contribution in [-0.2, 0) is 14.8 Å². The van der Waals surface area contributed by atoms with Gasteiger partial charge in [-0.2, -0.15) is 4.31 Å². The number of aromatic nitrogens is 1. The van der Waals surface area contributed by atoms with E-state index in [1.54, 1.807) is 18.3 Å². The van der Waals surface area contributed by atoms with Crippen LogP contribution in [0.15, 0.2) is 78.0 Å². The highest BCUT2D eigenvalue weighted by molar-refractivity contribution is 7.89. The first-order valence-corrected chi connectivity index (χ1v) is 14.4. The summed E-state index contributed by atoms with van der Waals surface area (Å²) in [7, 11) is -3.74. The van der Waals surface area contributed by atoms with Crippen molar-refractivity contribution in [1.82, 2.24) is 14.2 Å². The lowest BCUT2D eigenvalue weighted by Crippen LogP contribution is -2.54. The SMILES string of the molecule is Cc1ccc(Cl)cc1N1CCN(C(=O)[C@@H]2CN(S(=O)(=O)c3cccnc3)CC[C@H]2c2ccccc2)CC1. The molecule has 2 saturated heterocycles. The summed E-state index contributed by atoms with van der Waals surface area (Å²) in [4.78, 5) is 22.3. The molecule has 0 unspecified atom stereocenters. The average Bonchev–Trinajstić information content (AvgIpc) is 2.94. The standard InChI is InChI=1S/C28H31ClN4O3S/c1-21-9-10-23(29)18-27(21)31-14-16-32(17-15-31)28(34)26-20-33(37(35,36)24-8-5-12-30-19-24)13-11-25(26)22-6-3-2-4-7-22/h2-10,12,18-19,25-26H,11,13-17,20H2,1H3/t25-,26+/m0/s1. The smallest absolute Gasteiger partial charge is 0.244 e. The van der Waals surface area contributed by atoms with Crippen molar-refractivity contribution in [2.75, 3.05) is 44.2 Å². The number of carbonyl (C=O) groups excluding carboxylic acids is 1. The van der Waals surface area contributed by atoms with E-state index in [9.17, 15) is 13.2 Å². The lowest BCUT2D eigenvalue weighted by atomic mass is 9.80. The fourth-order valence-electron chi connectivity index (χ4n) is 5.46. The topological polar surface area (TPSA) is 73.8 Å². The van der Waals surface area contributed by atoms with Crippen molar-refractivity contribution in [3.63, 3.8) is 0 Å². The number of nitrogens with zero attached hydrogens (tertiary/aromatic N) is 4. The van der Waals surface area contributed by atoms with E-state index in [1.807, 2.05) is 53.4 Å². The summed E-state index contributed by atoms with van der Waals surface area (Å²) in [5.41, 5.74) is 3.32. The highest BCUT2D eigenvalue weighted by Crippen LogP contribution is 2.36. The van der Waals surface area contributed by atoms with Crippen molar-refractivity contribution in [2.45, 2.75) is 24.2 Å². The number of hydrogen-bond acceptors (Lipinski definition) is 5. The zero-order chi connectivity index (χ0) is 26.0. The fraction of sp³-hybridized carbons (Fsp3) is 0.357. The summed E-state index contributed by atoms with van der Waals surface area (Å²) in [6.45, 7) is 5.15. The first-order chi connectivity index (χ1) is 17.8. The van der Waals surface area contributed by atoms with Gasteiger partial charge in [0, 0.05) is 62.4 Å². The number of benzene rings is 2. The number of piperazine rings is 1. The molecule has 5 rings (SSSR count). The fourth-order valence-corrected chi connectivity index (χ4v) is 7.08. The molecule has 0 radical (unpaired) electrons. The second-order valence-electron chi connectivity index (χ2n) is 9.71. The second kappa shape index (κ2) is 10.8. The number of rotatable bonds is 5. The van der Waals surface area contributed by atoms with Gasteiger partial charge in [-0.3, -0.25) is 9.78 Å². The molecule has 0 aliphatic carbocycles. The maximum atomic E-state index is 14.0. The van der Waals surface area contributed by atoms with Crippen molar-refractivity contribution in [3.8, 4) is 0 Å². The molecule has 3 heterocycles. The van der Waals surface area contributed by atoms with Crippen LogP contribution in [-0.4, -0.2) is 67.8 Å². The van der Waals surface area contributed by atoms with E-state index in [0.717, 1.165) is 16.8 Å². The Hall–Kier alpha value is -2.94. The molecule has 2 atom stereocenters. The molecule has 2 aliphatic rings. The van der Waals surface area contributed by atoms with E-state index in [-0.39, 0.29) is 23.3 Å². The molecule has 0 saturated carbocycles. The Kier molecular flexibility index (Phi) is 7.51. The van der Waals surface area contributed by atoms with Gasteiger partial charge in [0.1, 0.15) is 4.90 Å². The van der Waals surface area contributed by atoms with Gasteiger partial charge in [-0.25, -0.2) is 8.42 Å². The predicted molar refractivity (Wildman–Crippen MR) is 145 cm³/mol. The summed E-state index contributed by atoms with van der Waals surface area (Å²) >= 11 is 6.24. The molecule has 2 aliphatic heterocycles. The molecular formula is C28H31ClN4O3S. The van der Waals surface area contributed by atoms with Gasteiger partial charge in [0.2, 0.25) is 15.9 Å². The number of hydrogen-bond donors (Lipinski definition) is 0. The van der Waals surface area contributed by atoms with Gasteiger partial charge in [-0.05, 0) is 54.7 Å². The minimum Gasteiger partial charge on any atom is -0.368 e. The van der Waals surface area contributed by atoms with E-state index in [2.05, 4.69) is 16.8 Å². The van der Waals surface area contributed by atoms with Crippen molar-refractivity contribution in [2.24, 2.45) is 5.92 Å². The molecule has 9 heteroatoms. The van der Waals surface area contributed by atoms with Gasteiger partial charge in [0.15, 0.2) is 0 Å². The highest BCUT2D eigenvalue weighted by Gasteiger charge is 2.41. The lowest BCUT2D eigenvalue weighted by Gasteiger charge is -2.42. The Morgan fingerprint density at radius 2 is 1.73 bits per heavy atom. The summed E-state index contributed by atoms with van der Waals surface area (Å²) in [5.74, 6) is -0.480. The van der Waals surface area contributed by atoms with Crippen molar-refractivity contribution in [3.05, 3.63) is 89.2 Å². The maximum absolute atomic E-state index is 14.0. The first-order valence-electron chi connectivity index (χ1n) is 12.6. The Morgan fingerprint density at radius 3 is 2.43 bits per heavy atom. The third-order valence-electron chi connectivity index (χ3n) is 7.50. The number of sulfonamides is 1. The van der Waals surface area contributed by atoms with Gasteiger partial charge in [0.25, 0.3) is 0 Å². The minimum absolute atomic E-state index is 0.0161. The van der Waals surface area contributed by atoms with Crippen molar-refractivity contribution in [1.29, 1.82) is 0 Å². The van der Waals surface area contributed by atoms with Crippen LogP contribution < -0.4 is 4.90 Å². The Labute approximate surface area is 223 Å². The lowest BCUT2D eigenvalue weighted by molar-refractivity contribution is -0.137. The summed E-state index contributed by atoms with van der Waals surface area (Å²) in [6, 6.07) is 19.0. The second-order valence-corrected chi connectivity index (χ2v) is 12.1. The molecule has 1 amide bonds. The van der Waals surface area contributed by atoms with Crippen LogP contribution in [0.2, 0.25) is 5.02 Å². The number of anilines is 1. The first kappa shape index (κ1) is 25.7. The van der Waals surface area contributed by atoms with Gasteiger partial charge >= 0.3 is 0 Å². The van der Waals surface area contributed by atoms with E-state index < -0.39 is 15.9 Å². The predicted octanol–water partition coefficient (Wildman–Crippen LogP) is 4.19. The van der Waals surface area contributed by atoms with Crippen LogP contribution in [0.4, 0.5) is 5.69 Å². The molecule has 2 aromatic carbocycles. The number of piperidine rings is 1. The van der Waals surface area contributed by atoms with Crippen molar-refractivity contribution < 1.29 is 13.2 Å². The molecule has 0 spiro atoms. The van der Waals surface area contributed by atoms with E-state index in [0.29, 0.717) is 44.2 Å². The Morgan fingerprint density at radius 1 is 0.973 bits per heavy atom. The number of pyridine rings is 1. The van der Waals surface area contributed by atoms with E-state index >= 15 is 0 Å². The zero-order valence-corrected chi connectivity index (χ0v) is 22.4. The van der Waals surface area contributed by atoms with Gasteiger partial charge < -0.3 is 9.80 Å². The molecule has 7 nitrogen and oxygen atoms in total. The van der Waals surface area contributed by atoms with Gasteiger partial charge in [-0.1, -0.05) is 48.0 Å². The molecule has 1 aromatic heterocycles. The number of aryl methyl sites for hydroxylation is 1. The van der Waals surface area contributed by atoms with Crippen LogP contribution in [0.25, 0.3) is 0 Å². The minimum atomic E-state index is -3.74. The quantitative estimate of drug-likeness (QED) is 0.487. The summed E-state index contributed by atoms with van der Waals surface area (Å²) in [5, 5.41) is 0.696. The highest BCUT2D eigenvalue weighted by atomic mass is 35.5. The maximum Gasteiger partial charge on any atom is 0.244 e. The van der Waals surface area contributed by atoms with Gasteiger partial charge in [-0.15, -0.1) is 0 Å². The third kappa shape index (κ3) is 5.37. The molecule has 37 heavy (non-hydrogen) atoms. The van der Waals surface area contributed by atoms with Gasteiger partial charge in [0.05, 0.1) is 5.92 Å². The van der Waals surface area contributed by atoms with Crippen LogP contribution >= 0.6 is 11.6 Å². The molecule has 2 fully saturated rings. The van der Waals surface area contributed by atoms with Crippen LogP contribution in [0, 0.1) is 12.8 Å². The molecule has 194 valence electrons. The molecule has 3 aromatic rings. The number of carbonyl (C=O) groups is 1. The van der Waals surface area contributed by atoms with Crippen LogP contribution in [0.3, 0.4) is 0 Å². The molecule has 0 N–H and O–H groups in total. The zero-order valence-electron chi connectivity index (χ0n) is 20.8. The summed E-state index contributed by atoms with van der Waals surface area (Å²) in [6.07, 6.45) is 3.51. The average molecular weight is 539 g/mol. The number of amides is 1. The van der Waals surface area contributed by atoms with E-state index in [4.69, 9.17) is 11.6 Å². The van der Waals surface area contributed by atoms with Crippen LogP contribution in [0.1, 0.15) is 23.5 Å². The molecular weight excluding hydrogens is 508 g/mol. The van der Waals surface area contributed by atoms with Crippen LogP contribution in [0.5, 0.6) is 0 Å². The Balaban J connectivity index is 1.36. The third-order valence-corrected chi connectivity index (χ3v) is 9.58.